The van der Waals surface area contributed by atoms with Crippen LogP contribution >= 0.6 is 11.8 Å². The molecule has 0 aliphatic heterocycles. The molecule has 2 heterocycles. The molecule has 206 valence electrons. The second-order valence-corrected chi connectivity index (χ2v) is 11.3. The molecule has 4 aromatic rings. The van der Waals surface area contributed by atoms with Gasteiger partial charge in [0.1, 0.15) is 11.4 Å². The van der Waals surface area contributed by atoms with Crippen LogP contribution < -0.4 is 15.6 Å². The van der Waals surface area contributed by atoms with Crippen LogP contribution in [0.1, 0.15) is 57.8 Å². The van der Waals surface area contributed by atoms with Crippen molar-refractivity contribution in [2.75, 3.05) is 11.1 Å². The van der Waals surface area contributed by atoms with Gasteiger partial charge in [-0.25, -0.2) is 4.68 Å². The highest BCUT2D eigenvalue weighted by Gasteiger charge is 2.22. The van der Waals surface area contributed by atoms with E-state index in [-0.39, 0.29) is 34.4 Å². The lowest BCUT2D eigenvalue weighted by Gasteiger charge is -2.20. The molecule has 0 saturated carbocycles. The van der Waals surface area contributed by atoms with Gasteiger partial charge in [-0.3, -0.25) is 14.3 Å². The van der Waals surface area contributed by atoms with Gasteiger partial charge in [-0.05, 0) is 56.0 Å². The number of thioether (sulfide) groups is 1. The third-order valence-corrected chi connectivity index (χ3v) is 7.58. The lowest BCUT2D eigenvalue weighted by atomic mass is 9.87. The van der Waals surface area contributed by atoms with Gasteiger partial charge in [0.05, 0.1) is 17.1 Å². The lowest BCUT2D eigenvalue weighted by molar-refractivity contribution is -0.113. The summed E-state index contributed by atoms with van der Waals surface area (Å²) in [5, 5.41) is 12.1. The van der Waals surface area contributed by atoms with Gasteiger partial charge in [-0.15, -0.1) is 10.2 Å². The maximum Gasteiger partial charge on any atom is 0.295 e. The highest BCUT2D eigenvalue weighted by Crippen LogP contribution is 2.28. The van der Waals surface area contributed by atoms with Crippen LogP contribution in [0.3, 0.4) is 0 Å². The van der Waals surface area contributed by atoms with Gasteiger partial charge >= 0.3 is 0 Å². The fraction of sp³-hybridized carbons (Fsp3) is 0.379. The summed E-state index contributed by atoms with van der Waals surface area (Å²) in [6, 6.07) is 17.4. The summed E-state index contributed by atoms with van der Waals surface area (Å²) < 4.78 is 11.4. The van der Waals surface area contributed by atoms with Gasteiger partial charge in [0.15, 0.2) is 17.1 Å². The number of amides is 1. The predicted molar refractivity (Wildman–Crippen MR) is 155 cm³/mol. The minimum absolute atomic E-state index is 0.0719. The van der Waals surface area contributed by atoms with E-state index < -0.39 is 0 Å². The van der Waals surface area contributed by atoms with Crippen molar-refractivity contribution >= 4 is 23.4 Å². The Morgan fingerprint density at radius 3 is 2.36 bits per heavy atom. The maximum atomic E-state index is 13.1. The topological polar surface area (TPSA) is 96.0 Å². The molecule has 1 atom stereocenters. The molecule has 0 saturated heterocycles. The number of nitrogens with zero attached hydrogens (tertiary/aromatic N) is 5. The standard InChI is InChI=1S/C29H36N6O3S/c1-8-34-26(20(3)38-23-16-14-21(15-17-23)29(4,5)6)31-32-28(34)39-18-24(36)30-25-19(2)33(7)35(27(25)37)22-12-10-9-11-13-22/h9-17,20H,8,18H2,1-7H3,(H,30,36). The number of benzene rings is 2. The molecule has 9 nitrogen and oxygen atoms in total. The Labute approximate surface area is 233 Å². The van der Waals surface area contributed by atoms with Crippen molar-refractivity contribution in [2.24, 2.45) is 7.05 Å². The smallest absolute Gasteiger partial charge is 0.295 e. The number of hydrogen-bond acceptors (Lipinski definition) is 6. The molecule has 1 unspecified atom stereocenters. The minimum atomic E-state index is -0.329. The molecule has 0 radical (unpaired) electrons. The molecule has 2 aromatic heterocycles. The Morgan fingerprint density at radius 1 is 1.08 bits per heavy atom. The first-order valence-corrected chi connectivity index (χ1v) is 14.0. The van der Waals surface area contributed by atoms with Gasteiger partial charge in [-0.2, -0.15) is 0 Å². The summed E-state index contributed by atoms with van der Waals surface area (Å²) in [4.78, 5) is 26.0. The molecule has 0 aliphatic carbocycles. The van der Waals surface area contributed by atoms with Gasteiger partial charge in [0.25, 0.3) is 5.56 Å². The zero-order valence-corrected chi connectivity index (χ0v) is 24.4. The third kappa shape index (κ3) is 6.11. The van der Waals surface area contributed by atoms with E-state index in [1.807, 2.05) is 67.8 Å². The van der Waals surface area contributed by atoms with Gasteiger partial charge < -0.3 is 14.6 Å². The maximum absolute atomic E-state index is 13.1. The first-order valence-electron chi connectivity index (χ1n) is 13.0. The van der Waals surface area contributed by atoms with E-state index in [1.54, 1.807) is 11.7 Å². The van der Waals surface area contributed by atoms with Crippen LogP contribution in [0.25, 0.3) is 5.69 Å². The number of hydrogen-bond donors (Lipinski definition) is 1. The van der Waals surface area contributed by atoms with Crippen LogP contribution in [0.5, 0.6) is 5.75 Å². The molecule has 2 aromatic carbocycles. The van der Waals surface area contributed by atoms with Crippen molar-refractivity contribution in [1.29, 1.82) is 0 Å². The molecule has 0 spiro atoms. The Hall–Kier alpha value is -3.79. The fourth-order valence-electron chi connectivity index (χ4n) is 4.31. The quantitative estimate of drug-likeness (QED) is 0.287. The first-order chi connectivity index (χ1) is 18.5. The van der Waals surface area contributed by atoms with Gasteiger partial charge in [0.2, 0.25) is 5.91 Å². The predicted octanol–water partition coefficient (Wildman–Crippen LogP) is 5.26. The second-order valence-electron chi connectivity index (χ2n) is 10.4. The number of nitrogens with one attached hydrogen (secondary N) is 1. The van der Waals surface area contributed by atoms with Crippen molar-refractivity contribution in [1.82, 2.24) is 24.1 Å². The van der Waals surface area contributed by atoms with Crippen LogP contribution in [-0.4, -0.2) is 35.8 Å². The largest absolute Gasteiger partial charge is 0.483 e. The summed E-state index contributed by atoms with van der Waals surface area (Å²) >= 11 is 1.27. The second kappa shape index (κ2) is 11.5. The first kappa shape index (κ1) is 28.2. The van der Waals surface area contributed by atoms with Crippen molar-refractivity contribution in [3.8, 4) is 11.4 Å². The van der Waals surface area contributed by atoms with Crippen molar-refractivity contribution < 1.29 is 9.53 Å². The monoisotopic (exact) mass is 548 g/mol. The van der Waals surface area contributed by atoms with Gasteiger partial charge in [-0.1, -0.05) is 62.9 Å². The molecule has 1 N–H and O–H groups in total. The average Bonchev–Trinajstić information content (AvgIpc) is 3.41. The number of rotatable bonds is 9. The summed E-state index contributed by atoms with van der Waals surface area (Å²) in [6.07, 6.45) is -0.329. The molecule has 39 heavy (non-hydrogen) atoms. The molecular formula is C29H36N6O3S. The van der Waals surface area contributed by atoms with Crippen molar-refractivity contribution in [3.63, 3.8) is 0 Å². The molecular weight excluding hydrogens is 512 g/mol. The Balaban J connectivity index is 1.43. The Bertz CT molecular complexity index is 1500. The van der Waals surface area contributed by atoms with E-state index in [0.29, 0.717) is 23.2 Å². The molecule has 1 amide bonds. The average molecular weight is 549 g/mol. The van der Waals surface area contributed by atoms with E-state index >= 15 is 0 Å². The number of anilines is 1. The highest BCUT2D eigenvalue weighted by atomic mass is 32.2. The van der Waals surface area contributed by atoms with Crippen LogP contribution in [0.4, 0.5) is 5.69 Å². The Morgan fingerprint density at radius 2 is 1.74 bits per heavy atom. The summed E-state index contributed by atoms with van der Waals surface area (Å²) in [5.74, 6) is 1.24. The molecule has 10 heteroatoms. The molecule has 0 fully saturated rings. The number of carbonyl (C=O) groups is 1. The SMILES string of the molecule is CCn1c(SCC(=O)Nc2c(C)n(C)n(-c3ccccc3)c2=O)nnc1C(C)Oc1ccc(C(C)(C)C)cc1. The van der Waals surface area contributed by atoms with Crippen LogP contribution in [-0.2, 0) is 23.8 Å². The number of ether oxygens (including phenoxy) is 1. The van der Waals surface area contributed by atoms with E-state index in [1.165, 1.54) is 22.0 Å². The summed E-state index contributed by atoms with van der Waals surface area (Å²) in [7, 11) is 1.79. The normalized spacial score (nSPS) is 12.4. The summed E-state index contributed by atoms with van der Waals surface area (Å²) in [5.41, 5.74) is 2.70. The van der Waals surface area contributed by atoms with Crippen LogP contribution in [0, 0.1) is 6.92 Å². The molecule has 4 rings (SSSR count). The summed E-state index contributed by atoms with van der Waals surface area (Å²) in [6.45, 7) is 12.9. The lowest BCUT2D eigenvalue weighted by Crippen LogP contribution is -2.23. The van der Waals surface area contributed by atoms with Gasteiger partial charge in [0, 0.05) is 13.6 Å². The third-order valence-electron chi connectivity index (χ3n) is 6.61. The molecule has 0 bridgehead atoms. The highest BCUT2D eigenvalue weighted by molar-refractivity contribution is 7.99. The van der Waals surface area contributed by atoms with E-state index in [0.717, 1.165) is 11.4 Å². The van der Waals surface area contributed by atoms with Crippen molar-refractivity contribution in [3.05, 3.63) is 82.0 Å². The fourth-order valence-corrected chi connectivity index (χ4v) is 5.12. The number of aromatic nitrogens is 5. The molecule has 0 aliphatic rings. The Kier molecular flexibility index (Phi) is 8.34. The minimum Gasteiger partial charge on any atom is -0.483 e. The van der Waals surface area contributed by atoms with Crippen LogP contribution in [0.2, 0.25) is 0 Å². The number of para-hydroxylation sites is 1. The van der Waals surface area contributed by atoms with Crippen molar-refractivity contribution in [2.45, 2.75) is 64.8 Å². The van der Waals surface area contributed by atoms with E-state index in [2.05, 4.69) is 48.4 Å². The zero-order valence-electron chi connectivity index (χ0n) is 23.6. The number of carbonyl (C=O) groups excluding carboxylic acids is 1. The zero-order chi connectivity index (χ0) is 28.3. The van der Waals surface area contributed by atoms with E-state index in [4.69, 9.17) is 4.74 Å². The van der Waals surface area contributed by atoms with E-state index in [9.17, 15) is 9.59 Å². The van der Waals surface area contributed by atoms with Crippen LogP contribution in [0.15, 0.2) is 64.5 Å².